The molecule has 8 nitrogen and oxygen atoms in total. The lowest BCUT2D eigenvalue weighted by Gasteiger charge is -2.24. The number of anilines is 1. The van der Waals surface area contributed by atoms with E-state index in [0.717, 1.165) is 43.1 Å². The normalized spacial score (nSPS) is 19.4. The summed E-state index contributed by atoms with van der Waals surface area (Å²) in [6.45, 7) is 3.56. The molecule has 2 aromatic heterocycles. The molecule has 0 amide bonds. The van der Waals surface area contributed by atoms with Gasteiger partial charge in [0, 0.05) is 54.9 Å². The molecule has 40 heavy (non-hydrogen) atoms. The largest absolute Gasteiger partial charge is 0.462 e. The Bertz CT molecular complexity index is 1600. The summed E-state index contributed by atoms with van der Waals surface area (Å²) in [6.07, 6.45) is 6.95. The molecule has 1 unspecified atom stereocenters. The van der Waals surface area contributed by atoms with Crippen molar-refractivity contribution in [3.05, 3.63) is 53.4 Å². The van der Waals surface area contributed by atoms with E-state index in [1.807, 2.05) is 42.3 Å². The first-order valence-corrected chi connectivity index (χ1v) is 14.0. The maximum Gasteiger partial charge on any atom is 0.319 e. The molecule has 6 rings (SSSR count). The van der Waals surface area contributed by atoms with Gasteiger partial charge in [-0.2, -0.15) is 15.2 Å². The van der Waals surface area contributed by atoms with Crippen LogP contribution in [0.4, 0.5) is 10.2 Å². The van der Waals surface area contributed by atoms with Crippen LogP contribution in [0, 0.1) is 23.2 Å². The molecule has 10 heteroatoms. The Morgan fingerprint density at radius 2 is 2.00 bits per heavy atom. The molecule has 2 aliphatic rings. The minimum atomic E-state index is -0.540. The third kappa shape index (κ3) is 4.98. The standard InChI is InChI=1S/C30H31ClFN7O/c1-37-12-5-8-21(37)17-40-30-35-28-23(29(36-30)38(2)15-19-11-13-39(16-19)18-33)14-34-27(26(28)32)22-9-3-6-20-7-4-10-24(31)25(20)22/h3-4,6-7,9-10,14,19,21H,5,8,11-13,15-17H2,1-2H3/t19?,21-/m0/s1. The molecule has 2 atom stereocenters. The molecule has 0 saturated carbocycles. The molecule has 206 valence electrons. The Morgan fingerprint density at radius 1 is 1.18 bits per heavy atom. The molecule has 4 aromatic rings. The van der Waals surface area contributed by atoms with Gasteiger partial charge >= 0.3 is 6.01 Å². The van der Waals surface area contributed by atoms with Gasteiger partial charge in [0.25, 0.3) is 0 Å². The summed E-state index contributed by atoms with van der Waals surface area (Å²) in [5.74, 6) is 0.312. The molecule has 0 N–H and O–H groups in total. The van der Waals surface area contributed by atoms with Crippen LogP contribution in [0.15, 0.2) is 42.6 Å². The molecule has 2 aliphatic heterocycles. The van der Waals surface area contributed by atoms with Crippen molar-refractivity contribution in [1.29, 1.82) is 5.26 Å². The van der Waals surface area contributed by atoms with Gasteiger partial charge < -0.3 is 19.4 Å². The molecule has 4 heterocycles. The van der Waals surface area contributed by atoms with E-state index in [1.165, 1.54) is 0 Å². The first kappa shape index (κ1) is 26.5. The van der Waals surface area contributed by atoms with Crippen LogP contribution < -0.4 is 9.64 Å². The summed E-state index contributed by atoms with van der Waals surface area (Å²) in [5.41, 5.74) is 0.944. The number of benzene rings is 2. The number of ether oxygens (including phenoxy) is 1. The van der Waals surface area contributed by atoms with Crippen LogP contribution in [-0.2, 0) is 0 Å². The van der Waals surface area contributed by atoms with E-state index in [2.05, 4.69) is 28.1 Å². The van der Waals surface area contributed by atoms with Gasteiger partial charge in [-0.3, -0.25) is 4.98 Å². The summed E-state index contributed by atoms with van der Waals surface area (Å²) in [5, 5.41) is 12.0. The molecule has 0 aliphatic carbocycles. The van der Waals surface area contributed by atoms with Crippen LogP contribution in [0.25, 0.3) is 32.9 Å². The van der Waals surface area contributed by atoms with Gasteiger partial charge in [0.15, 0.2) is 12.0 Å². The van der Waals surface area contributed by atoms with E-state index in [0.29, 0.717) is 47.4 Å². The highest BCUT2D eigenvalue weighted by atomic mass is 35.5. The number of nitrogens with zero attached hydrogens (tertiary/aromatic N) is 7. The molecular weight excluding hydrogens is 529 g/mol. The Labute approximate surface area is 237 Å². The third-order valence-electron chi connectivity index (χ3n) is 8.15. The monoisotopic (exact) mass is 559 g/mol. The van der Waals surface area contributed by atoms with E-state index < -0.39 is 5.82 Å². The number of likely N-dealkylation sites (tertiary alicyclic amines) is 2. The summed E-state index contributed by atoms with van der Waals surface area (Å²) < 4.78 is 22.5. The second-order valence-electron chi connectivity index (χ2n) is 10.8. The van der Waals surface area contributed by atoms with Crippen LogP contribution in [0.2, 0.25) is 5.02 Å². The third-order valence-corrected chi connectivity index (χ3v) is 8.46. The number of hydrogen-bond acceptors (Lipinski definition) is 8. The second-order valence-corrected chi connectivity index (χ2v) is 11.2. The first-order chi connectivity index (χ1) is 19.4. The van der Waals surface area contributed by atoms with Crippen molar-refractivity contribution < 1.29 is 9.13 Å². The zero-order valence-electron chi connectivity index (χ0n) is 22.6. The number of pyridine rings is 1. The van der Waals surface area contributed by atoms with Crippen LogP contribution in [0.5, 0.6) is 6.01 Å². The molecule has 0 bridgehead atoms. The van der Waals surface area contributed by atoms with Crippen LogP contribution in [0.1, 0.15) is 19.3 Å². The predicted octanol–water partition coefficient (Wildman–Crippen LogP) is 5.35. The van der Waals surface area contributed by atoms with Crippen molar-refractivity contribution in [3.63, 3.8) is 0 Å². The second kappa shape index (κ2) is 11.0. The fraction of sp³-hybridized carbons (Fsp3) is 0.400. The average molecular weight is 560 g/mol. The maximum atomic E-state index is 16.4. The quantitative estimate of drug-likeness (QED) is 0.280. The molecular formula is C30H31ClFN7O. The SMILES string of the molecule is CN(CC1CCN(C#N)C1)c1nc(OC[C@@H]2CCCN2C)nc2c(F)c(-c3cccc4cccc(Cl)c34)ncc12. The minimum Gasteiger partial charge on any atom is -0.462 e. The highest BCUT2D eigenvalue weighted by molar-refractivity contribution is 6.36. The number of likely N-dealkylation sites (N-methyl/N-ethyl adjacent to an activating group) is 1. The summed E-state index contributed by atoms with van der Waals surface area (Å²) >= 11 is 6.56. The van der Waals surface area contributed by atoms with Crippen molar-refractivity contribution >= 4 is 39.1 Å². The van der Waals surface area contributed by atoms with Gasteiger partial charge in [0.1, 0.15) is 23.6 Å². The van der Waals surface area contributed by atoms with Gasteiger partial charge in [-0.05, 0) is 50.2 Å². The van der Waals surface area contributed by atoms with Crippen molar-refractivity contribution in [1.82, 2.24) is 24.8 Å². The van der Waals surface area contributed by atoms with E-state index in [-0.39, 0.29) is 23.3 Å². The van der Waals surface area contributed by atoms with Gasteiger partial charge in [-0.25, -0.2) is 4.39 Å². The lowest BCUT2D eigenvalue weighted by Crippen LogP contribution is -2.31. The van der Waals surface area contributed by atoms with Gasteiger partial charge in [0.2, 0.25) is 0 Å². The van der Waals surface area contributed by atoms with Crippen LogP contribution >= 0.6 is 11.6 Å². The van der Waals surface area contributed by atoms with Crippen molar-refractivity contribution in [3.8, 4) is 23.5 Å². The Balaban J connectivity index is 1.43. The Morgan fingerprint density at radius 3 is 2.75 bits per heavy atom. The molecule has 0 radical (unpaired) electrons. The van der Waals surface area contributed by atoms with Gasteiger partial charge in [-0.1, -0.05) is 41.9 Å². The van der Waals surface area contributed by atoms with Crippen molar-refractivity contribution in [2.24, 2.45) is 5.92 Å². The van der Waals surface area contributed by atoms with Gasteiger partial charge in [0.05, 0.1) is 5.39 Å². The summed E-state index contributed by atoms with van der Waals surface area (Å²) in [4.78, 5) is 19.9. The minimum absolute atomic E-state index is 0.145. The van der Waals surface area contributed by atoms with E-state index in [4.69, 9.17) is 21.3 Å². The fourth-order valence-electron chi connectivity index (χ4n) is 5.96. The molecule has 2 aromatic carbocycles. The topological polar surface area (TPSA) is 81.4 Å². The lowest BCUT2D eigenvalue weighted by atomic mass is 10.0. The maximum absolute atomic E-state index is 16.4. The van der Waals surface area contributed by atoms with Crippen molar-refractivity contribution in [2.45, 2.75) is 25.3 Å². The summed E-state index contributed by atoms with van der Waals surface area (Å²) in [7, 11) is 4.02. The Kier molecular flexibility index (Phi) is 7.30. The van der Waals surface area contributed by atoms with Gasteiger partial charge in [-0.15, -0.1) is 0 Å². The fourth-order valence-corrected chi connectivity index (χ4v) is 6.25. The smallest absolute Gasteiger partial charge is 0.319 e. The first-order valence-electron chi connectivity index (χ1n) is 13.7. The molecule has 2 saturated heterocycles. The number of nitriles is 1. The van der Waals surface area contributed by atoms with E-state index in [1.54, 1.807) is 17.2 Å². The lowest BCUT2D eigenvalue weighted by molar-refractivity contribution is 0.188. The number of halogens is 2. The van der Waals surface area contributed by atoms with Crippen molar-refractivity contribution in [2.75, 3.05) is 51.8 Å². The van der Waals surface area contributed by atoms with E-state index >= 15 is 4.39 Å². The Hall–Kier alpha value is -3.74. The zero-order chi connectivity index (χ0) is 27.8. The number of hydrogen-bond donors (Lipinski definition) is 0. The van der Waals surface area contributed by atoms with Crippen LogP contribution in [0.3, 0.4) is 0 Å². The number of aromatic nitrogens is 3. The average Bonchev–Trinajstić information content (AvgIpc) is 3.60. The highest BCUT2D eigenvalue weighted by Crippen LogP contribution is 2.37. The molecule has 0 spiro atoms. The number of rotatable bonds is 7. The zero-order valence-corrected chi connectivity index (χ0v) is 23.4. The van der Waals surface area contributed by atoms with E-state index in [9.17, 15) is 5.26 Å². The molecule has 2 fully saturated rings. The predicted molar refractivity (Wildman–Crippen MR) is 155 cm³/mol. The van der Waals surface area contributed by atoms with Crippen LogP contribution in [-0.4, -0.2) is 77.7 Å². The summed E-state index contributed by atoms with van der Waals surface area (Å²) in [6, 6.07) is 11.7. The highest BCUT2D eigenvalue weighted by Gasteiger charge is 2.27. The number of fused-ring (bicyclic) bond motifs is 2.